The van der Waals surface area contributed by atoms with Crippen LogP contribution in [0.3, 0.4) is 0 Å². The molecule has 0 saturated heterocycles. The second-order valence-corrected chi connectivity index (χ2v) is 5.86. The quantitative estimate of drug-likeness (QED) is 0.844. The fourth-order valence-electron chi connectivity index (χ4n) is 2.24. The van der Waals surface area contributed by atoms with Gasteiger partial charge in [-0.2, -0.15) is 0 Å². The minimum atomic E-state index is 0.835. The first-order valence-corrected chi connectivity index (χ1v) is 8.06. The predicted molar refractivity (Wildman–Crippen MR) is 87.4 cm³/mol. The Hall–Kier alpha value is -1.39. The average molecular weight is 289 g/mol. The van der Waals surface area contributed by atoms with Gasteiger partial charge in [0.05, 0.1) is 10.7 Å². The molecule has 108 valence electrons. The van der Waals surface area contributed by atoms with Crippen LogP contribution >= 0.6 is 11.3 Å². The van der Waals surface area contributed by atoms with Crippen LogP contribution in [0.15, 0.2) is 29.6 Å². The molecule has 3 nitrogen and oxygen atoms in total. The van der Waals surface area contributed by atoms with E-state index >= 15 is 0 Å². The van der Waals surface area contributed by atoms with Crippen molar-refractivity contribution in [1.82, 2.24) is 10.3 Å². The van der Waals surface area contributed by atoms with E-state index in [0.29, 0.717) is 0 Å². The molecule has 0 saturated carbocycles. The van der Waals surface area contributed by atoms with Crippen molar-refractivity contribution >= 4 is 17.0 Å². The molecule has 0 spiro atoms. The SMILES string of the molecule is CCN(CC)c1ccc(CNCc2csc(C)n2)cc1. The molecule has 2 rings (SSSR count). The molecule has 1 aromatic heterocycles. The van der Waals surface area contributed by atoms with Crippen LogP contribution in [-0.4, -0.2) is 18.1 Å². The van der Waals surface area contributed by atoms with Crippen molar-refractivity contribution in [3.05, 3.63) is 45.9 Å². The maximum Gasteiger partial charge on any atom is 0.0897 e. The number of anilines is 1. The smallest absolute Gasteiger partial charge is 0.0897 e. The van der Waals surface area contributed by atoms with E-state index < -0.39 is 0 Å². The third-order valence-electron chi connectivity index (χ3n) is 3.37. The number of aromatic nitrogens is 1. The summed E-state index contributed by atoms with van der Waals surface area (Å²) in [6.07, 6.45) is 0. The molecule has 1 aromatic carbocycles. The van der Waals surface area contributed by atoms with Crippen LogP contribution in [0.25, 0.3) is 0 Å². The molecular formula is C16H23N3S. The summed E-state index contributed by atoms with van der Waals surface area (Å²) in [5.41, 5.74) is 3.74. The van der Waals surface area contributed by atoms with E-state index in [1.165, 1.54) is 11.3 Å². The first-order valence-electron chi connectivity index (χ1n) is 7.18. The molecule has 0 amide bonds. The van der Waals surface area contributed by atoms with E-state index in [1.807, 2.05) is 6.92 Å². The van der Waals surface area contributed by atoms with E-state index in [-0.39, 0.29) is 0 Å². The van der Waals surface area contributed by atoms with E-state index in [0.717, 1.165) is 36.9 Å². The number of rotatable bonds is 7. The van der Waals surface area contributed by atoms with Crippen molar-refractivity contribution in [3.8, 4) is 0 Å². The lowest BCUT2D eigenvalue weighted by Gasteiger charge is -2.21. The van der Waals surface area contributed by atoms with E-state index in [1.54, 1.807) is 11.3 Å². The van der Waals surface area contributed by atoms with Crippen LogP contribution in [0, 0.1) is 6.92 Å². The Morgan fingerprint density at radius 1 is 1.10 bits per heavy atom. The largest absolute Gasteiger partial charge is 0.372 e. The van der Waals surface area contributed by atoms with Crippen LogP contribution < -0.4 is 10.2 Å². The van der Waals surface area contributed by atoms with Crippen molar-refractivity contribution < 1.29 is 0 Å². The number of aryl methyl sites for hydroxylation is 1. The van der Waals surface area contributed by atoms with E-state index in [9.17, 15) is 0 Å². The third-order valence-corrected chi connectivity index (χ3v) is 4.19. The van der Waals surface area contributed by atoms with Crippen LogP contribution in [0.2, 0.25) is 0 Å². The minimum absolute atomic E-state index is 0.835. The Morgan fingerprint density at radius 3 is 2.35 bits per heavy atom. The van der Waals surface area contributed by atoms with Gasteiger partial charge in [0.25, 0.3) is 0 Å². The Bertz CT molecular complexity index is 515. The van der Waals surface area contributed by atoms with Gasteiger partial charge in [0.2, 0.25) is 0 Å². The maximum absolute atomic E-state index is 4.45. The zero-order valence-electron chi connectivity index (χ0n) is 12.5. The molecular weight excluding hydrogens is 266 g/mol. The lowest BCUT2D eigenvalue weighted by Crippen LogP contribution is -2.21. The Balaban J connectivity index is 1.84. The number of nitrogens with one attached hydrogen (secondary N) is 1. The molecule has 0 radical (unpaired) electrons. The highest BCUT2D eigenvalue weighted by atomic mass is 32.1. The van der Waals surface area contributed by atoms with Crippen LogP contribution in [-0.2, 0) is 13.1 Å². The molecule has 0 unspecified atom stereocenters. The summed E-state index contributed by atoms with van der Waals surface area (Å²) in [7, 11) is 0. The Kier molecular flexibility index (Phi) is 5.56. The van der Waals surface area contributed by atoms with Gasteiger partial charge in [-0.15, -0.1) is 11.3 Å². The molecule has 1 N–H and O–H groups in total. The standard InChI is InChI=1S/C16H23N3S/c1-4-19(5-2)16-8-6-14(7-9-16)10-17-11-15-12-20-13(3)18-15/h6-9,12,17H,4-5,10-11H2,1-3H3. The zero-order valence-corrected chi connectivity index (χ0v) is 13.3. The highest BCUT2D eigenvalue weighted by Gasteiger charge is 2.02. The first-order chi connectivity index (χ1) is 9.72. The van der Waals surface area contributed by atoms with Crippen molar-refractivity contribution in [3.63, 3.8) is 0 Å². The van der Waals surface area contributed by atoms with Gasteiger partial charge in [0, 0.05) is 37.2 Å². The summed E-state index contributed by atoms with van der Waals surface area (Å²) in [4.78, 5) is 6.81. The van der Waals surface area contributed by atoms with E-state index in [4.69, 9.17) is 0 Å². The van der Waals surface area contributed by atoms with Gasteiger partial charge < -0.3 is 10.2 Å². The Labute approximate surface area is 125 Å². The third kappa shape index (κ3) is 4.05. The number of benzene rings is 1. The number of nitrogens with zero attached hydrogens (tertiary/aromatic N) is 2. The molecule has 0 fully saturated rings. The molecule has 0 aliphatic rings. The molecule has 20 heavy (non-hydrogen) atoms. The summed E-state index contributed by atoms with van der Waals surface area (Å²) >= 11 is 1.70. The fourth-order valence-corrected chi connectivity index (χ4v) is 2.85. The molecule has 4 heteroatoms. The molecule has 0 atom stereocenters. The number of hydrogen-bond donors (Lipinski definition) is 1. The lowest BCUT2D eigenvalue weighted by atomic mass is 10.2. The highest BCUT2D eigenvalue weighted by Crippen LogP contribution is 2.15. The molecule has 0 aliphatic heterocycles. The summed E-state index contributed by atoms with van der Waals surface area (Å²) in [6.45, 7) is 10.2. The van der Waals surface area contributed by atoms with Crippen LogP contribution in [0.4, 0.5) is 5.69 Å². The molecule has 1 heterocycles. The van der Waals surface area contributed by atoms with Crippen LogP contribution in [0.5, 0.6) is 0 Å². The topological polar surface area (TPSA) is 28.2 Å². The zero-order chi connectivity index (χ0) is 14.4. The summed E-state index contributed by atoms with van der Waals surface area (Å²) < 4.78 is 0. The fraction of sp³-hybridized carbons (Fsp3) is 0.438. The molecule has 0 aliphatic carbocycles. The lowest BCUT2D eigenvalue weighted by molar-refractivity contribution is 0.681. The summed E-state index contributed by atoms with van der Waals surface area (Å²) in [5, 5.41) is 6.69. The normalized spacial score (nSPS) is 10.8. The molecule has 0 bridgehead atoms. The Morgan fingerprint density at radius 2 is 1.80 bits per heavy atom. The second-order valence-electron chi connectivity index (χ2n) is 4.80. The highest BCUT2D eigenvalue weighted by molar-refractivity contribution is 7.09. The number of thiazole rings is 1. The van der Waals surface area contributed by atoms with Gasteiger partial charge in [-0.05, 0) is 38.5 Å². The van der Waals surface area contributed by atoms with Gasteiger partial charge >= 0.3 is 0 Å². The van der Waals surface area contributed by atoms with Crippen molar-refractivity contribution in [2.75, 3.05) is 18.0 Å². The first kappa shape index (κ1) is 15.0. The average Bonchev–Trinajstić information content (AvgIpc) is 2.87. The predicted octanol–water partition coefficient (Wildman–Crippen LogP) is 3.59. The van der Waals surface area contributed by atoms with Crippen molar-refractivity contribution in [2.24, 2.45) is 0 Å². The van der Waals surface area contributed by atoms with Crippen molar-refractivity contribution in [1.29, 1.82) is 0 Å². The van der Waals surface area contributed by atoms with Crippen molar-refractivity contribution in [2.45, 2.75) is 33.9 Å². The van der Waals surface area contributed by atoms with Crippen LogP contribution in [0.1, 0.15) is 30.1 Å². The summed E-state index contributed by atoms with van der Waals surface area (Å²) in [6, 6.07) is 8.81. The summed E-state index contributed by atoms with van der Waals surface area (Å²) in [5.74, 6) is 0. The second kappa shape index (κ2) is 7.41. The van der Waals surface area contributed by atoms with Gasteiger partial charge in [-0.3, -0.25) is 0 Å². The van der Waals surface area contributed by atoms with Gasteiger partial charge in [0.15, 0.2) is 0 Å². The minimum Gasteiger partial charge on any atom is -0.372 e. The van der Waals surface area contributed by atoms with Gasteiger partial charge in [-0.25, -0.2) is 4.98 Å². The van der Waals surface area contributed by atoms with E-state index in [2.05, 4.69) is 58.7 Å². The van der Waals surface area contributed by atoms with Gasteiger partial charge in [0.1, 0.15) is 0 Å². The van der Waals surface area contributed by atoms with Gasteiger partial charge in [-0.1, -0.05) is 12.1 Å². The number of hydrogen-bond acceptors (Lipinski definition) is 4. The maximum atomic E-state index is 4.45. The monoisotopic (exact) mass is 289 g/mol. The molecule has 2 aromatic rings.